The van der Waals surface area contributed by atoms with E-state index < -0.39 is 0 Å². The van der Waals surface area contributed by atoms with Crippen molar-refractivity contribution in [1.82, 2.24) is 10.2 Å². The van der Waals surface area contributed by atoms with Crippen molar-refractivity contribution >= 4 is 15.9 Å². The number of hydrogen-bond donors (Lipinski definition) is 1. The van der Waals surface area contributed by atoms with E-state index in [0.29, 0.717) is 12.1 Å². The van der Waals surface area contributed by atoms with Crippen LogP contribution < -0.4 is 5.32 Å². The van der Waals surface area contributed by atoms with Gasteiger partial charge in [0, 0.05) is 23.1 Å². The molecule has 0 aliphatic heterocycles. The molecule has 2 unspecified atom stereocenters. The van der Waals surface area contributed by atoms with Gasteiger partial charge in [0.15, 0.2) is 0 Å². The van der Waals surface area contributed by atoms with Crippen LogP contribution in [0.5, 0.6) is 0 Å². The fourth-order valence-corrected chi connectivity index (χ4v) is 2.13. The van der Waals surface area contributed by atoms with Gasteiger partial charge in [0.05, 0.1) is 0 Å². The number of hydrogen-bond acceptors (Lipinski definition) is 2. The highest BCUT2D eigenvalue weighted by atomic mass is 79.9. The summed E-state index contributed by atoms with van der Waals surface area (Å²) in [5, 5.41) is 3.63. The molecule has 0 saturated carbocycles. The number of likely N-dealkylation sites (N-methyl/N-ethyl adjacent to an activating group) is 1. The van der Waals surface area contributed by atoms with Crippen LogP contribution in [0.4, 0.5) is 0 Å². The van der Waals surface area contributed by atoms with Gasteiger partial charge in [0.1, 0.15) is 0 Å². The summed E-state index contributed by atoms with van der Waals surface area (Å²) in [6.45, 7) is 5.47. The molecule has 3 heteroatoms. The molecule has 2 nitrogen and oxygen atoms in total. The molecule has 0 amide bonds. The Hall–Kier alpha value is -0.380. The first kappa shape index (κ1) is 14.7. The largest absolute Gasteiger partial charge is 0.308 e. The molecule has 0 saturated heterocycles. The molecule has 0 aliphatic carbocycles. The van der Waals surface area contributed by atoms with E-state index in [-0.39, 0.29) is 0 Å². The molecule has 1 aromatic rings. The van der Waals surface area contributed by atoms with E-state index >= 15 is 0 Å². The van der Waals surface area contributed by atoms with Crippen LogP contribution in [0.3, 0.4) is 0 Å². The summed E-state index contributed by atoms with van der Waals surface area (Å²) in [6.07, 6.45) is 1.11. The number of nitrogens with one attached hydrogen (secondary N) is 1. The van der Waals surface area contributed by atoms with E-state index in [4.69, 9.17) is 0 Å². The normalized spacial score (nSPS) is 14.9. The molecule has 1 rings (SSSR count). The molecular weight excluding hydrogens is 276 g/mol. The molecule has 0 heterocycles. The quantitative estimate of drug-likeness (QED) is 0.865. The van der Waals surface area contributed by atoms with Crippen molar-refractivity contribution in [3.63, 3.8) is 0 Å². The molecule has 96 valence electrons. The molecule has 2 atom stereocenters. The number of nitrogens with zero attached hydrogens (tertiary/aromatic N) is 1. The molecule has 0 radical (unpaired) electrons. The fourth-order valence-electron chi connectivity index (χ4n) is 1.72. The minimum Gasteiger partial charge on any atom is -0.308 e. The molecule has 0 bridgehead atoms. The SMILES string of the molecule is CCC(NCC(C)N(C)C)c1cccc(Br)c1. The summed E-state index contributed by atoms with van der Waals surface area (Å²) in [4.78, 5) is 2.24. The van der Waals surface area contributed by atoms with Crippen LogP contribution in [0.25, 0.3) is 0 Å². The third kappa shape index (κ3) is 4.78. The summed E-state index contributed by atoms with van der Waals surface area (Å²) >= 11 is 3.53. The first-order valence-corrected chi connectivity index (χ1v) is 6.99. The lowest BCUT2D eigenvalue weighted by Gasteiger charge is -2.24. The van der Waals surface area contributed by atoms with Crippen molar-refractivity contribution in [2.75, 3.05) is 20.6 Å². The maximum absolute atomic E-state index is 3.63. The second-order valence-electron chi connectivity index (χ2n) is 4.74. The Balaban J connectivity index is 2.60. The van der Waals surface area contributed by atoms with Gasteiger partial charge in [0.2, 0.25) is 0 Å². The van der Waals surface area contributed by atoms with Gasteiger partial charge < -0.3 is 10.2 Å². The van der Waals surface area contributed by atoms with Crippen LogP contribution in [0, 0.1) is 0 Å². The van der Waals surface area contributed by atoms with Gasteiger partial charge in [-0.1, -0.05) is 35.0 Å². The van der Waals surface area contributed by atoms with Crippen molar-refractivity contribution in [2.45, 2.75) is 32.4 Å². The fraction of sp³-hybridized carbons (Fsp3) is 0.571. The van der Waals surface area contributed by atoms with E-state index in [9.17, 15) is 0 Å². The molecule has 0 aliphatic rings. The van der Waals surface area contributed by atoms with Gasteiger partial charge in [-0.2, -0.15) is 0 Å². The summed E-state index contributed by atoms with van der Waals surface area (Å²) in [5.74, 6) is 0. The van der Waals surface area contributed by atoms with Crippen molar-refractivity contribution in [3.8, 4) is 0 Å². The second kappa shape index (κ2) is 7.14. The summed E-state index contributed by atoms with van der Waals surface area (Å²) < 4.78 is 1.15. The highest BCUT2D eigenvalue weighted by Gasteiger charge is 2.11. The van der Waals surface area contributed by atoms with Crippen LogP contribution in [-0.2, 0) is 0 Å². The van der Waals surface area contributed by atoms with Crippen LogP contribution in [-0.4, -0.2) is 31.6 Å². The van der Waals surface area contributed by atoms with E-state index in [1.807, 2.05) is 0 Å². The topological polar surface area (TPSA) is 15.3 Å². The molecule has 17 heavy (non-hydrogen) atoms. The van der Waals surface area contributed by atoms with Gasteiger partial charge in [-0.15, -0.1) is 0 Å². The lowest BCUT2D eigenvalue weighted by Crippen LogP contribution is -2.37. The minimum absolute atomic E-state index is 0.440. The average Bonchev–Trinajstić information content (AvgIpc) is 2.29. The summed E-state index contributed by atoms with van der Waals surface area (Å²) in [7, 11) is 4.23. The lowest BCUT2D eigenvalue weighted by molar-refractivity contribution is 0.292. The third-order valence-electron chi connectivity index (χ3n) is 3.20. The zero-order chi connectivity index (χ0) is 12.8. The lowest BCUT2D eigenvalue weighted by atomic mass is 10.0. The Morgan fingerprint density at radius 3 is 2.59 bits per heavy atom. The molecule has 0 fully saturated rings. The highest BCUT2D eigenvalue weighted by molar-refractivity contribution is 9.10. The van der Waals surface area contributed by atoms with Gasteiger partial charge in [-0.3, -0.25) is 0 Å². The standard InChI is InChI=1S/C14H23BrN2/c1-5-14(16-10-11(2)17(3)4)12-7-6-8-13(15)9-12/h6-9,11,14,16H,5,10H2,1-4H3. The van der Waals surface area contributed by atoms with Crippen LogP contribution in [0.15, 0.2) is 28.7 Å². The smallest absolute Gasteiger partial charge is 0.0318 e. The molecule has 0 aromatic heterocycles. The van der Waals surface area contributed by atoms with Gasteiger partial charge in [-0.25, -0.2) is 0 Å². The molecule has 1 aromatic carbocycles. The van der Waals surface area contributed by atoms with E-state index in [0.717, 1.165) is 17.4 Å². The second-order valence-corrected chi connectivity index (χ2v) is 5.65. The van der Waals surface area contributed by atoms with Gasteiger partial charge in [0.25, 0.3) is 0 Å². The molecular formula is C14H23BrN2. The highest BCUT2D eigenvalue weighted by Crippen LogP contribution is 2.20. The van der Waals surface area contributed by atoms with Crippen molar-refractivity contribution in [2.24, 2.45) is 0 Å². The Bertz CT molecular complexity index is 339. The van der Waals surface area contributed by atoms with Gasteiger partial charge >= 0.3 is 0 Å². The molecule has 0 spiro atoms. The van der Waals surface area contributed by atoms with E-state index in [2.05, 4.69) is 78.4 Å². The van der Waals surface area contributed by atoms with Crippen LogP contribution in [0.2, 0.25) is 0 Å². The zero-order valence-corrected chi connectivity index (χ0v) is 12.8. The maximum Gasteiger partial charge on any atom is 0.0318 e. The van der Waals surface area contributed by atoms with Crippen molar-refractivity contribution < 1.29 is 0 Å². The minimum atomic E-state index is 0.440. The van der Waals surface area contributed by atoms with Crippen molar-refractivity contribution in [1.29, 1.82) is 0 Å². The Morgan fingerprint density at radius 2 is 2.06 bits per heavy atom. The summed E-state index contributed by atoms with van der Waals surface area (Å²) in [6, 6.07) is 9.54. The zero-order valence-electron chi connectivity index (χ0n) is 11.2. The maximum atomic E-state index is 3.63. The van der Waals surface area contributed by atoms with Crippen LogP contribution >= 0.6 is 15.9 Å². The monoisotopic (exact) mass is 298 g/mol. The van der Waals surface area contributed by atoms with E-state index in [1.54, 1.807) is 0 Å². The number of rotatable bonds is 6. The van der Waals surface area contributed by atoms with Crippen LogP contribution in [0.1, 0.15) is 31.9 Å². The Morgan fingerprint density at radius 1 is 1.35 bits per heavy atom. The predicted molar refractivity (Wildman–Crippen MR) is 78.3 cm³/mol. The van der Waals surface area contributed by atoms with Crippen molar-refractivity contribution in [3.05, 3.63) is 34.3 Å². The van der Waals surface area contributed by atoms with Gasteiger partial charge in [-0.05, 0) is 45.1 Å². The molecule has 1 N–H and O–H groups in total. The number of halogens is 1. The predicted octanol–water partition coefficient (Wildman–Crippen LogP) is 3.44. The Labute approximate surface area is 114 Å². The first-order chi connectivity index (χ1) is 8.04. The van der Waals surface area contributed by atoms with E-state index in [1.165, 1.54) is 5.56 Å². The third-order valence-corrected chi connectivity index (χ3v) is 3.69. The number of benzene rings is 1. The average molecular weight is 299 g/mol. The first-order valence-electron chi connectivity index (χ1n) is 6.19. The summed E-state index contributed by atoms with van der Waals surface area (Å²) in [5.41, 5.74) is 1.35. The Kier molecular flexibility index (Phi) is 6.17.